The maximum atomic E-state index is 12.2. The van der Waals surface area contributed by atoms with Crippen LogP contribution in [0.3, 0.4) is 0 Å². The van der Waals surface area contributed by atoms with Gasteiger partial charge in [0, 0.05) is 18.6 Å². The first-order valence-corrected chi connectivity index (χ1v) is 7.16. The Morgan fingerprint density at radius 1 is 1.50 bits per heavy atom. The lowest BCUT2D eigenvalue weighted by molar-refractivity contribution is -0.131. The highest BCUT2D eigenvalue weighted by Gasteiger charge is 2.33. The second-order valence-electron chi connectivity index (χ2n) is 4.25. The molecule has 0 aromatic carbocycles. The number of imide groups is 1. The third-order valence-electron chi connectivity index (χ3n) is 2.77. The Bertz CT molecular complexity index is 332. The van der Waals surface area contributed by atoms with E-state index >= 15 is 0 Å². The molecule has 18 heavy (non-hydrogen) atoms. The van der Waals surface area contributed by atoms with Crippen molar-refractivity contribution in [3.63, 3.8) is 0 Å². The molecule has 0 bridgehead atoms. The number of carbonyl (C=O) groups excluding carboxylic acids is 3. The van der Waals surface area contributed by atoms with E-state index in [2.05, 4.69) is 0 Å². The first kappa shape index (κ1) is 15.0. The summed E-state index contributed by atoms with van der Waals surface area (Å²) in [5.74, 6) is -0.0398. The number of carbonyl (C=O) groups is 3. The average molecular weight is 273 g/mol. The number of thioether (sulfide) groups is 1. The Hall–Kier alpha value is -1.04. The standard InChI is InChI=1S/C12H19NO4S/c1-3-4-5-10(8-18-9(2)14)11(15)13-6-7-17-12(13)16/h10H,3-8H2,1-2H3/t10-/m0/s1. The number of nitrogens with zero attached hydrogens (tertiary/aromatic N) is 1. The monoisotopic (exact) mass is 273 g/mol. The van der Waals surface area contributed by atoms with E-state index < -0.39 is 6.09 Å². The summed E-state index contributed by atoms with van der Waals surface area (Å²) in [7, 11) is 0. The summed E-state index contributed by atoms with van der Waals surface area (Å²) < 4.78 is 4.76. The molecule has 102 valence electrons. The SMILES string of the molecule is CCCC[C@@H](CSC(C)=O)C(=O)N1CCOC1=O. The van der Waals surface area contributed by atoms with Gasteiger partial charge in [-0.15, -0.1) is 0 Å². The fourth-order valence-electron chi connectivity index (χ4n) is 1.76. The molecule has 0 saturated carbocycles. The van der Waals surface area contributed by atoms with Gasteiger partial charge in [0.2, 0.25) is 5.91 Å². The van der Waals surface area contributed by atoms with E-state index in [1.54, 1.807) is 0 Å². The number of cyclic esters (lactones) is 1. The van der Waals surface area contributed by atoms with Crippen LogP contribution in [-0.2, 0) is 14.3 Å². The Balaban J connectivity index is 2.59. The van der Waals surface area contributed by atoms with Gasteiger partial charge in [-0.25, -0.2) is 9.69 Å². The third-order valence-corrected chi connectivity index (χ3v) is 3.75. The Morgan fingerprint density at radius 3 is 2.72 bits per heavy atom. The van der Waals surface area contributed by atoms with Crippen LogP contribution in [0.5, 0.6) is 0 Å². The van der Waals surface area contributed by atoms with Crippen LogP contribution >= 0.6 is 11.8 Å². The highest BCUT2D eigenvalue weighted by Crippen LogP contribution is 2.20. The van der Waals surface area contributed by atoms with E-state index in [0.29, 0.717) is 18.7 Å². The summed E-state index contributed by atoms with van der Waals surface area (Å²) in [6, 6.07) is 0. The first-order chi connectivity index (χ1) is 8.56. The predicted molar refractivity (Wildman–Crippen MR) is 69.2 cm³/mol. The topological polar surface area (TPSA) is 63.7 Å². The van der Waals surface area contributed by atoms with E-state index in [0.717, 1.165) is 29.5 Å². The number of unbranched alkanes of at least 4 members (excludes halogenated alkanes) is 1. The summed E-state index contributed by atoms with van der Waals surface area (Å²) >= 11 is 1.14. The van der Waals surface area contributed by atoms with Crippen LogP contribution in [-0.4, -0.2) is 40.9 Å². The predicted octanol–water partition coefficient (Wildman–Crippen LogP) is 2.05. The zero-order chi connectivity index (χ0) is 13.5. The molecule has 1 aliphatic heterocycles. The van der Waals surface area contributed by atoms with Crippen LogP contribution < -0.4 is 0 Å². The van der Waals surface area contributed by atoms with Crippen LogP contribution in [0.15, 0.2) is 0 Å². The van der Waals surface area contributed by atoms with E-state index in [1.807, 2.05) is 6.92 Å². The van der Waals surface area contributed by atoms with Gasteiger partial charge in [0.05, 0.1) is 6.54 Å². The average Bonchev–Trinajstić information content (AvgIpc) is 2.74. The number of hydrogen-bond donors (Lipinski definition) is 0. The summed E-state index contributed by atoms with van der Waals surface area (Å²) in [5.41, 5.74) is 0. The number of rotatable bonds is 6. The summed E-state index contributed by atoms with van der Waals surface area (Å²) in [4.78, 5) is 35.6. The van der Waals surface area contributed by atoms with Gasteiger partial charge in [-0.3, -0.25) is 9.59 Å². The highest BCUT2D eigenvalue weighted by molar-refractivity contribution is 8.13. The quantitative estimate of drug-likeness (QED) is 0.741. The lowest BCUT2D eigenvalue weighted by Crippen LogP contribution is -2.37. The van der Waals surface area contributed by atoms with Gasteiger partial charge in [-0.2, -0.15) is 0 Å². The second kappa shape index (κ2) is 7.41. The zero-order valence-electron chi connectivity index (χ0n) is 10.8. The molecule has 0 aromatic rings. The third kappa shape index (κ3) is 4.33. The Labute approximate surface area is 111 Å². The Kier molecular flexibility index (Phi) is 6.18. The maximum Gasteiger partial charge on any atom is 0.416 e. The minimum absolute atomic E-state index is 0.00621. The molecule has 0 unspecified atom stereocenters. The van der Waals surface area contributed by atoms with Crippen molar-refractivity contribution in [2.24, 2.45) is 5.92 Å². The summed E-state index contributed by atoms with van der Waals surface area (Å²) in [6.07, 6.45) is 2.05. The summed E-state index contributed by atoms with van der Waals surface area (Å²) in [5, 5.41) is -0.00621. The van der Waals surface area contributed by atoms with Crippen molar-refractivity contribution >= 4 is 28.9 Å². The maximum absolute atomic E-state index is 12.2. The molecule has 0 spiro atoms. The molecule has 1 fully saturated rings. The minimum Gasteiger partial charge on any atom is -0.447 e. The smallest absolute Gasteiger partial charge is 0.416 e. The molecular weight excluding hydrogens is 254 g/mol. The first-order valence-electron chi connectivity index (χ1n) is 6.17. The molecule has 0 radical (unpaired) electrons. The molecule has 1 rings (SSSR count). The minimum atomic E-state index is -0.561. The van der Waals surface area contributed by atoms with Gasteiger partial charge >= 0.3 is 6.09 Å². The molecular formula is C12H19NO4S. The number of hydrogen-bond acceptors (Lipinski definition) is 5. The van der Waals surface area contributed by atoms with E-state index in [4.69, 9.17) is 4.74 Å². The molecule has 1 aliphatic rings. The van der Waals surface area contributed by atoms with Crippen molar-refractivity contribution in [3.8, 4) is 0 Å². The molecule has 0 aliphatic carbocycles. The molecule has 6 heteroatoms. The molecule has 0 N–H and O–H groups in total. The van der Waals surface area contributed by atoms with Gasteiger partial charge in [-0.1, -0.05) is 31.5 Å². The van der Waals surface area contributed by atoms with Crippen molar-refractivity contribution in [1.29, 1.82) is 0 Å². The largest absolute Gasteiger partial charge is 0.447 e. The van der Waals surface area contributed by atoms with E-state index in [9.17, 15) is 14.4 Å². The van der Waals surface area contributed by atoms with Gasteiger partial charge < -0.3 is 4.74 Å². The van der Waals surface area contributed by atoms with Crippen LogP contribution in [0.2, 0.25) is 0 Å². The lowest BCUT2D eigenvalue weighted by atomic mass is 10.0. The number of ether oxygens (including phenoxy) is 1. The van der Waals surface area contributed by atoms with Crippen LogP contribution in [0.25, 0.3) is 0 Å². The molecule has 1 saturated heterocycles. The number of amides is 2. The zero-order valence-corrected chi connectivity index (χ0v) is 11.6. The highest BCUT2D eigenvalue weighted by atomic mass is 32.2. The molecule has 0 aromatic heterocycles. The second-order valence-corrected chi connectivity index (χ2v) is 5.44. The normalized spacial score (nSPS) is 16.6. The van der Waals surface area contributed by atoms with Gasteiger partial charge in [-0.05, 0) is 6.42 Å². The Morgan fingerprint density at radius 2 is 2.22 bits per heavy atom. The van der Waals surface area contributed by atoms with E-state index in [-0.39, 0.29) is 23.5 Å². The fraction of sp³-hybridized carbons (Fsp3) is 0.750. The molecule has 2 amide bonds. The fourth-order valence-corrected chi connectivity index (χ4v) is 2.51. The molecule has 1 atom stereocenters. The van der Waals surface area contributed by atoms with Gasteiger partial charge in [0.1, 0.15) is 6.61 Å². The van der Waals surface area contributed by atoms with E-state index in [1.165, 1.54) is 6.92 Å². The van der Waals surface area contributed by atoms with Gasteiger partial charge in [0.25, 0.3) is 0 Å². The van der Waals surface area contributed by atoms with Gasteiger partial charge in [0.15, 0.2) is 5.12 Å². The van der Waals surface area contributed by atoms with Crippen molar-refractivity contribution < 1.29 is 19.1 Å². The van der Waals surface area contributed by atoms with Crippen molar-refractivity contribution in [3.05, 3.63) is 0 Å². The van der Waals surface area contributed by atoms with Crippen molar-refractivity contribution in [2.45, 2.75) is 33.1 Å². The lowest BCUT2D eigenvalue weighted by Gasteiger charge is -2.19. The van der Waals surface area contributed by atoms with Crippen LogP contribution in [0.1, 0.15) is 33.1 Å². The molecule has 1 heterocycles. The summed E-state index contributed by atoms with van der Waals surface area (Å²) in [6.45, 7) is 4.12. The van der Waals surface area contributed by atoms with Crippen LogP contribution in [0.4, 0.5) is 4.79 Å². The van der Waals surface area contributed by atoms with Crippen molar-refractivity contribution in [2.75, 3.05) is 18.9 Å². The molecule has 5 nitrogen and oxygen atoms in total. The van der Waals surface area contributed by atoms with Crippen molar-refractivity contribution in [1.82, 2.24) is 4.90 Å². The van der Waals surface area contributed by atoms with Crippen LogP contribution in [0, 0.1) is 5.92 Å².